The standard InChI is InChI=1S/C22H18N4O/c1-25-13-18-11-17(8-9-20(18)24-25)16-6-4-15(5-7-16)12-26-14-21-19(22(26)27)3-2-10-23-21/h2-11,13H,12,14H2,1H3. The van der Waals surface area contributed by atoms with Gasteiger partial charge in [-0.25, -0.2) is 0 Å². The summed E-state index contributed by atoms with van der Waals surface area (Å²) >= 11 is 0. The molecule has 0 radical (unpaired) electrons. The molecule has 5 nitrogen and oxygen atoms in total. The SMILES string of the molecule is Cn1cc2cc(-c3ccc(CN4Cc5ncccc5C4=O)cc3)ccc2n1. The second kappa shape index (κ2) is 6.06. The van der Waals surface area contributed by atoms with E-state index in [0.29, 0.717) is 13.1 Å². The summed E-state index contributed by atoms with van der Waals surface area (Å²) in [6.45, 7) is 1.17. The van der Waals surface area contributed by atoms with Crippen LogP contribution in [0.2, 0.25) is 0 Å². The van der Waals surface area contributed by atoms with Crippen LogP contribution in [0.15, 0.2) is 67.0 Å². The average Bonchev–Trinajstić information content (AvgIpc) is 3.21. The Morgan fingerprint density at radius 2 is 1.85 bits per heavy atom. The Kier molecular flexibility index (Phi) is 3.53. The molecule has 0 saturated carbocycles. The monoisotopic (exact) mass is 354 g/mol. The molecule has 1 aliphatic heterocycles. The summed E-state index contributed by atoms with van der Waals surface area (Å²) in [5, 5.41) is 5.55. The molecule has 3 heterocycles. The zero-order valence-corrected chi connectivity index (χ0v) is 15.0. The van der Waals surface area contributed by atoms with Crippen LogP contribution < -0.4 is 0 Å². The summed E-state index contributed by atoms with van der Waals surface area (Å²) < 4.78 is 1.83. The molecule has 0 saturated heterocycles. The van der Waals surface area contributed by atoms with Gasteiger partial charge in [-0.1, -0.05) is 30.3 Å². The largest absolute Gasteiger partial charge is 0.328 e. The van der Waals surface area contributed by atoms with E-state index < -0.39 is 0 Å². The molecule has 5 heteroatoms. The molecule has 2 aromatic carbocycles. The zero-order chi connectivity index (χ0) is 18.4. The molecule has 0 spiro atoms. The van der Waals surface area contributed by atoms with E-state index in [1.165, 1.54) is 0 Å². The third-order valence-electron chi connectivity index (χ3n) is 5.03. The van der Waals surface area contributed by atoms with E-state index in [-0.39, 0.29) is 5.91 Å². The first kappa shape index (κ1) is 15.8. The summed E-state index contributed by atoms with van der Waals surface area (Å²) in [6.07, 6.45) is 3.77. The lowest BCUT2D eigenvalue weighted by atomic mass is 10.0. The van der Waals surface area contributed by atoms with Crippen molar-refractivity contribution in [3.05, 3.63) is 83.8 Å². The highest BCUT2D eigenvalue weighted by Crippen LogP contribution is 2.26. The second-order valence-electron chi connectivity index (χ2n) is 6.93. The number of carbonyl (C=O) groups excluding carboxylic acids is 1. The molecular weight excluding hydrogens is 336 g/mol. The maximum Gasteiger partial charge on any atom is 0.256 e. The highest BCUT2D eigenvalue weighted by Gasteiger charge is 2.27. The van der Waals surface area contributed by atoms with Gasteiger partial charge in [0.25, 0.3) is 5.91 Å². The van der Waals surface area contributed by atoms with Crippen molar-refractivity contribution in [3.63, 3.8) is 0 Å². The first-order valence-corrected chi connectivity index (χ1v) is 8.93. The van der Waals surface area contributed by atoms with Crippen LogP contribution in [0.5, 0.6) is 0 Å². The number of hydrogen-bond donors (Lipinski definition) is 0. The molecule has 0 N–H and O–H groups in total. The summed E-state index contributed by atoms with van der Waals surface area (Å²) in [6, 6.07) is 18.4. The topological polar surface area (TPSA) is 51.0 Å². The van der Waals surface area contributed by atoms with E-state index >= 15 is 0 Å². The van der Waals surface area contributed by atoms with Gasteiger partial charge in [-0.3, -0.25) is 14.5 Å². The first-order valence-electron chi connectivity index (χ1n) is 8.93. The predicted molar refractivity (Wildman–Crippen MR) is 104 cm³/mol. The minimum Gasteiger partial charge on any atom is -0.328 e. The molecule has 1 aliphatic rings. The number of nitrogens with zero attached hydrogens (tertiary/aromatic N) is 4. The fourth-order valence-electron chi connectivity index (χ4n) is 3.66. The number of amides is 1. The van der Waals surface area contributed by atoms with E-state index in [2.05, 4.69) is 46.5 Å². The lowest BCUT2D eigenvalue weighted by Gasteiger charge is -2.15. The lowest BCUT2D eigenvalue weighted by Crippen LogP contribution is -2.23. The lowest BCUT2D eigenvalue weighted by molar-refractivity contribution is 0.0766. The Morgan fingerprint density at radius 1 is 1.04 bits per heavy atom. The van der Waals surface area contributed by atoms with Crippen LogP contribution >= 0.6 is 0 Å². The van der Waals surface area contributed by atoms with Crippen molar-refractivity contribution in [1.82, 2.24) is 19.7 Å². The van der Waals surface area contributed by atoms with Crippen LogP contribution in [0.25, 0.3) is 22.0 Å². The van der Waals surface area contributed by atoms with Crippen LogP contribution in [-0.2, 0) is 20.1 Å². The number of carbonyl (C=O) groups is 1. The number of rotatable bonds is 3. The van der Waals surface area contributed by atoms with Crippen LogP contribution in [0, 0.1) is 0 Å². The summed E-state index contributed by atoms with van der Waals surface area (Å²) in [5.41, 5.74) is 6.02. The van der Waals surface area contributed by atoms with Gasteiger partial charge in [-0.15, -0.1) is 0 Å². The van der Waals surface area contributed by atoms with Crippen molar-refractivity contribution in [2.24, 2.45) is 7.05 Å². The van der Waals surface area contributed by atoms with Crippen molar-refractivity contribution in [2.45, 2.75) is 13.1 Å². The van der Waals surface area contributed by atoms with E-state index in [1.54, 1.807) is 6.20 Å². The minimum atomic E-state index is 0.0594. The number of pyridine rings is 1. The van der Waals surface area contributed by atoms with Crippen LogP contribution in [-0.4, -0.2) is 25.6 Å². The first-order chi connectivity index (χ1) is 13.2. The molecule has 0 unspecified atom stereocenters. The zero-order valence-electron chi connectivity index (χ0n) is 15.0. The van der Waals surface area contributed by atoms with Crippen LogP contribution in [0.3, 0.4) is 0 Å². The van der Waals surface area contributed by atoms with E-state index in [9.17, 15) is 4.79 Å². The predicted octanol–water partition coefficient (Wildman–Crippen LogP) is 3.79. The third-order valence-corrected chi connectivity index (χ3v) is 5.03. The third kappa shape index (κ3) is 2.77. The van der Waals surface area contributed by atoms with Gasteiger partial charge < -0.3 is 4.90 Å². The summed E-state index contributed by atoms with van der Waals surface area (Å²) in [4.78, 5) is 18.6. The van der Waals surface area contributed by atoms with Gasteiger partial charge in [-0.2, -0.15) is 5.10 Å². The Bertz CT molecular complexity index is 1160. The number of fused-ring (bicyclic) bond motifs is 2. The molecule has 132 valence electrons. The van der Waals surface area contributed by atoms with E-state index in [4.69, 9.17) is 0 Å². The molecule has 0 atom stereocenters. The Balaban J connectivity index is 1.36. The fourth-order valence-corrected chi connectivity index (χ4v) is 3.66. The van der Waals surface area contributed by atoms with Crippen LogP contribution in [0.4, 0.5) is 0 Å². The van der Waals surface area contributed by atoms with Gasteiger partial charge in [0.15, 0.2) is 0 Å². The molecule has 4 aromatic rings. The molecule has 2 aromatic heterocycles. The molecule has 0 fully saturated rings. The molecule has 5 rings (SSSR count). The van der Waals surface area contributed by atoms with Crippen molar-refractivity contribution in [3.8, 4) is 11.1 Å². The molecule has 0 bridgehead atoms. The van der Waals surface area contributed by atoms with Crippen molar-refractivity contribution in [2.75, 3.05) is 0 Å². The average molecular weight is 354 g/mol. The maximum atomic E-state index is 12.5. The number of aromatic nitrogens is 3. The number of hydrogen-bond acceptors (Lipinski definition) is 3. The normalized spacial score (nSPS) is 13.4. The summed E-state index contributed by atoms with van der Waals surface area (Å²) in [7, 11) is 1.93. The highest BCUT2D eigenvalue weighted by atomic mass is 16.2. The molecule has 27 heavy (non-hydrogen) atoms. The second-order valence-corrected chi connectivity index (χ2v) is 6.93. The Morgan fingerprint density at radius 3 is 2.67 bits per heavy atom. The van der Waals surface area contributed by atoms with E-state index in [1.807, 2.05) is 41.0 Å². The highest BCUT2D eigenvalue weighted by molar-refractivity contribution is 5.97. The Labute approximate surface area is 156 Å². The molecule has 0 aliphatic carbocycles. The maximum absolute atomic E-state index is 12.5. The quantitative estimate of drug-likeness (QED) is 0.562. The van der Waals surface area contributed by atoms with Gasteiger partial charge >= 0.3 is 0 Å². The smallest absolute Gasteiger partial charge is 0.256 e. The summed E-state index contributed by atoms with van der Waals surface area (Å²) in [5.74, 6) is 0.0594. The number of benzene rings is 2. The van der Waals surface area contributed by atoms with Crippen molar-refractivity contribution >= 4 is 16.8 Å². The minimum absolute atomic E-state index is 0.0594. The van der Waals surface area contributed by atoms with Gasteiger partial charge in [0, 0.05) is 31.4 Å². The van der Waals surface area contributed by atoms with Crippen LogP contribution in [0.1, 0.15) is 21.6 Å². The van der Waals surface area contributed by atoms with Gasteiger partial charge in [0.05, 0.1) is 23.3 Å². The van der Waals surface area contributed by atoms with Crippen molar-refractivity contribution < 1.29 is 4.79 Å². The van der Waals surface area contributed by atoms with Crippen molar-refractivity contribution in [1.29, 1.82) is 0 Å². The van der Waals surface area contributed by atoms with Gasteiger partial charge in [0.2, 0.25) is 0 Å². The fraction of sp³-hybridized carbons (Fsp3) is 0.136. The van der Waals surface area contributed by atoms with Gasteiger partial charge in [0.1, 0.15) is 0 Å². The molecular formula is C22H18N4O. The van der Waals surface area contributed by atoms with E-state index in [0.717, 1.165) is 38.9 Å². The number of aryl methyl sites for hydroxylation is 1. The Hall–Kier alpha value is -3.47. The molecule has 1 amide bonds. The van der Waals surface area contributed by atoms with Gasteiger partial charge in [-0.05, 0) is 41.0 Å².